The molecule has 20 heavy (non-hydrogen) atoms. The van der Waals surface area contributed by atoms with E-state index in [9.17, 15) is 4.79 Å². The maximum Gasteiger partial charge on any atom is 0.267 e. The van der Waals surface area contributed by atoms with E-state index in [0.29, 0.717) is 12.6 Å². The maximum absolute atomic E-state index is 12.2. The zero-order valence-corrected chi connectivity index (χ0v) is 12.6. The lowest BCUT2D eigenvalue weighted by Crippen LogP contribution is -2.27. The number of carbonyl (C=O) groups excluding carboxylic acids is 1. The first-order valence-electron chi connectivity index (χ1n) is 6.74. The maximum atomic E-state index is 12.2. The number of nitrogens with one attached hydrogen (secondary N) is 2. The third kappa shape index (κ3) is 3.09. The van der Waals surface area contributed by atoms with E-state index >= 15 is 0 Å². The van der Waals surface area contributed by atoms with E-state index in [1.165, 1.54) is 6.33 Å². The molecule has 2 aromatic heterocycles. The van der Waals surface area contributed by atoms with E-state index in [1.807, 2.05) is 12.3 Å². The summed E-state index contributed by atoms with van der Waals surface area (Å²) in [5.41, 5.74) is 0.735. The van der Waals surface area contributed by atoms with Crippen LogP contribution in [0.4, 0.5) is 0 Å². The molecule has 0 bridgehead atoms. The minimum atomic E-state index is -0.0137. The number of aromatic nitrogens is 4. The SMILES string of the molecule is O=C(NCCCc1ncn[nH]1)c1cc(Br)cn1C1CC1. The van der Waals surface area contributed by atoms with Crippen LogP contribution in [0.1, 0.15) is 41.6 Å². The summed E-state index contributed by atoms with van der Waals surface area (Å²) in [7, 11) is 0. The lowest BCUT2D eigenvalue weighted by molar-refractivity contribution is 0.0943. The quantitative estimate of drug-likeness (QED) is 0.792. The normalized spacial score (nSPS) is 14.4. The third-order valence-electron chi connectivity index (χ3n) is 3.33. The number of amides is 1. The van der Waals surface area contributed by atoms with Gasteiger partial charge in [-0.15, -0.1) is 0 Å². The summed E-state index contributed by atoms with van der Waals surface area (Å²) in [6.07, 6.45) is 7.43. The smallest absolute Gasteiger partial charge is 0.267 e. The first-order chi connectivity index (χ1) is 9.74. The Morgan fingerprint density at radius 2 is 2.40 bits per heavy atom. The second-order valence-electron chi connectivity index (χ2n) is 4.97. The van der Waals surface area contributed by atoms with E-state index in [4.69, 9.17) is 0 Å². The molecule has 0 spiro atoms. The third-order valence-corrected chi connectivity index (χ3v) is 3.76. The molecule has 0 aromatic carbocycles. The number of carbonyl (C=O) groups is 1. The molecule has 1 aliphatic carbocycles. The van der Waals surface area contributed by atoms with Crippen molar-refractivity contribution in [3.63, 3.8) is 0 Å². The van der Waals surface area contributed by atoms with Crippen LogP contribution in [0.3, 0.4) is 0 Å². The van der Waals surface area contributed by atoms with E-state index in [1.54, 1.807) is 0 Å². The van der Waals surface area contributed by atoms with Crippen LogP contribution in [0.2, 0.25) is 0 Å². The number of hydrogen-bond donors (Lipinski definition) is 2. The van der Waals surface area contributed by atoms with E-state index in [-0.39, 0.29) is 5.91 Å². The van der Waals surface area contributed by atoms with Crippen molar-refractivity contribution >= 4 is 21.8 Å². The van der Waals surface area contributed by atoms with Crippen LogP contribution in [0.25, 0.3) is 0 Å². The van der Waals surface area contributed by atoms with Gasteiger partial charge in [0.15, 0.2) is 0 Å². The molecule has 6 nitrogen and oxygen atoms in total. The number of aryl methyl sites for hydroxylation is 1. The van der Waals surface area contributed by atoms with Crippen molar-refractivity contribution in [2.45, 2.75) is 31.7 Å². The fourth-order valence-electron chi connectivity index (χ4n) is 2.18. The predicted octanol–water partition coefficient (Wildman–Crippen LogP) is 2.07. The standard InChI is InChI=1S/C13H16BrN5O/c14-9-6-11(19(7-9)10-3-4-10)13(20)15-5-1-2-12-16-8-17-18-12/h6-8,10H,1-5H2,(H,15,20)(H,16,17,18). The molecular formula is C13H16BrN5O. The summed E-state index contributed by atoms with van der Waals surface area (Å²) in [5, 5.41) is 9.56. The highest BCUT2D eigenvalue weighted by Crippen LogP contribution is 2.37. The lowest BCUT2D eigenvalue weighted by Gasteiger charge is -2.08. The summed E-state index contributed by atoms with van der Waals surface area (Å²) < 4.78 is 3.02. The Morgan fingerprint density at radius 1 is 1.55 bits per heavy atom. The van der Waals surface area contributed by atoms with Gasteiger partial charge in [0.05, 0.1) is 0 Å². The predicted molar refractivity (Wildman–Crippen MR) is 77.4 cm³/mol. The van der Waals surface area contributed by atoms with Crippen LogP contribution in [0.15, 0.2) is 23.1 Å². The highest BCUT2D eigenvalue weighted by atomic mass is 79.9. The molecule has 1 amide bonds. The van der Waals surface area contributed by atoms with Crippen molar-refractivity contribution in [3.05, 3.63) is 34.6 Å². The molecule has 0 saturated heterocycles. The zero-order valence-electron chi connectivity index (χ0n) is 11.0. The van der Waals surface area contributed by atoms with Gasteiger partial charge in [-0.25, -0.2) is 4.98 Å². The van der Waals surface area contributed by atoms with Gasteiger partial charge in [-0.2, -0.15) is 5.10 Å². The molecule has 2 aromatic rings. The Labute approximate surface area is 125 Å². The van der Waals surface area contributed by atoms with E-state index in [0.717, 1.165) is 41.7 Å². The molecule has 0 unspecified atom stereocenters. The van der Waals surface area contributed by atoms with Gasteiger partial charge in [-0.1, -0.05) is 0 Å². The number of H-pyrrole nitrogens is 1. The van der Waals surface area contributed by atoms with Crippen LogP contribution >= 0.6 is 15.9 Å². The fourth-order valence-corrected chi connectivity index (χ4v) is 2.62. The van der Waals surface area contributed by atoms with E-state index in [2.05, 4.69) is 41.0 Å². The van der Waals surface area contributed by atoms with Crippen molar-refractivity contribution in [1.29, 1.82) is 0 Å². The van der Waals surface area contributed by atoms with Gasteiger partial charge in [0.2, 0.25) is 0 Å². The number of halogens is 1. The summed E-state index contributed by atoms with van der Waals surface area (Å²) in [6.45, 7) is 0.632. The number of nitrogens with zero attached hydrogens (tertiary/aromatic N) is 3. The molecule has 7 heteroatoms. The molecule has 0 aliphatic heterocycles. The first kappa shape index (κ1) is 13.4. The van der Waals surface area contributed by atoms with Crippen molar-refractivity contribution < 1.29 is 4.79 Å². The zero-order chi connectivity index (χ0) is 13.9. The van der Waals surface area contributed by atoms with Crippen LogP contribution < -0.4 is 5.32 Å². The molecule has 1 fully saturated rings. The Balaban J connectivity index is 1.51. The molecule has 2 N–H and O–H groups in total. The average Bonchev–Trinajstić information content (AvgIpc) is 3.00. The van der Waals surface area contributed by atoms with Crippen LogP contribution in [0.5, 0.6) is 0 Å². The summed E-state index contributed by atoms with van der Waals surface area (Å²) in [5.74, 6) is 0.837. The molecule has 2 heterocycles. The highest BCUT2D eigenvalue weighted by molar-refractivity contribution is 9.10. The highest BCUT2D eigenvalue weighted by Gasteiger charge is 2.27. The summed E-state index contributed by atoms with van der Waals surface area (Å²) in [6, 6.07) is 2.38. The molecule has 1 aliphatic rings. The molecule has 3 rings (SSSR count). The Hall–Kier alpha value is -1.63. The largest absolute Gasteiger partial charge is 0.351 e. The summed E-state index contributed by atoms with van der Waals surface area (Å²) in [4.78, 5) is 16.2. The van der Waals surface area contributed by atoms with Gasteiger partial charge in [0.1, 0.15) is 17.8 Å². The van der Waals surface area contributed by atoms with E-state index < -0.39 is 0 Å². The molecular weight excluding hydrogens is 322 g/mol. The van der Waals surface area contributed by atoms with Gasteiger partial charge < -0.3 is 9.88 Å². The number of rotatable bonds is 6. The minimum Gasteiger partial charge on any atom is -0.351 e. The Morgan fingerprint density at radius 3 is 3.10 bits per heavy atom. The summed E-state index contributed by atoms with van der Waals surface area (Å²) >= 11 is 3.44. The number of hydrogen-bond acceptors (Lipinski definition) is 3. The second kappa shape index (κ2) is 5.78. The van der Waals surface area contributed by atoms with Gasteiger partial charge in [-0.3, -0.25) is 9.89 Å². The number of aromatic amines is 1. The Bertz CT molecular complexity index is 588. The molecule has 0 radical (unpaired) electrons. The monoisotopic (exact) mass is 337 g/mol. The van der Waals surface area contributed by atoms with Crippen LogP contribution in [-0.2, 0) is 6.42 Å². The molecule has 106 valence electrons. The van der Waals surface area contributed by atoms with Crippen molar-refractivity contribution in [2.24, 2.45) is 0 Å². The van der Waals surface area contributed by atoms with Crippen LogP contribution in [0, 0.1) is 0 Å². The van der Waals surface area contributed by atoms with Crippen molar-refractivity contribution in [2.75, 3.05) is 6.54 Å². The molecule has 0 atom stereocenters. The first-order valence-corrected chi connectivity index (χ1v) is 7.53. The minimum absolute atomic E-state index is 0.0137. The van der Waals surface area contributed by atoms with Gasteiger partial charge in [-0.05, 0) is 41.3 Å². The average molecular weight is 338 g/mol. The van der Waals surface area contributed by atoms with Gasteiger partial charge in [0, 0.05) is 29.7 Å². The second-order valence-corrected chi connectivity index (χ2v) is 5.89. The Kier molecular flexibility index (Phi) is 3.86. The lowest BCUT2D eigenvalue weighted by atomic mass is 10.3. The van der Waals surface area contributed by atoms with Crippen molar-refractivity contribution in [1.82, 2.24) is 25.1 Å². The van der Waals surface area contributed by atoms with Gasteiger partial charge in [0.25, 0.3) is 5.91 Å². The topological polar surface area (TPSA) is 75.6 Å². The van der Waals surface area contributed by atoms with Crippen molar-refractivity contribution in [3.8, 4) is 0 Å². The fraction of sp³-hybridized carbons (Fsp3) is 0.462. The van der Waals surface area contributed by atoms with Gasteiger partial charge >= 0.3 is 0 Å². The molecule has 1 saturated carbocycles. The van der Waals surface area contributed by atoms with Crippen LogP contribution in [-0.4, -0.2) is 32.2 Å².